The van der Waals surface area contributed by atoms with Gasteiger partial charge in [0.1, 0.15) is 5.75 Å². The number of nitrogens with one attached hydrogen (secondary N) is 1. The summed E-state index contributed by atoms with van der Waals surface area (Å²) in [6.07, 6.45) is 0.711. The summed E-state index contributed by atoms with van der Waals surface area (Å²) < 4.78 is 16.2. The Balaban J connectivity index is 1.76. The van der Waals surface area contributed by atoms with E-state index in [1.165, 1.54) is 0 Å². The van der Waals surface area contributed by atoms with Gasteiger partial charge in [0.05, 0.1) is 18.7 Å². The molecule has 1 aliphatic heterocycles. The topological polar surface area (TPSA) is 89.7 Å². The number of nitrogens with zero attached hydrogens (tertiary/aromatic N) is 3. The summed E-state index contributed by atoms with van der Waals surface area (Å²) in [5.41, 5.74) is 4.42. The highest BCUT2D eigenvalue weighted by atomic mass is 16.5. The standard InChI is InChI=1S/C25H28N4O4/c1-16-9-11-18(12-10-16)22-21(17(2)29(25(30)26-22)13-6-14-31-3)24-27-23(28-33-24)19-7-5-8-20(15-19)32-4/h5,7-12,15,22H,6,13-14H2,1-4H3,(H,26,30). The van der Waals surface area contributed by atoms with E-state index in [0.717, 1.165) is 28.0 Å². The van der Waals surface area contributed by atoms with Crippen molar-refractivity contribution >= 4 is 11.6 Å². The predicted molar refractivity (Wildman–Crippen MR) is 125 cm³/mol. The molecule has 0 fully saturated rings. The van der Waals surface area contributed by atoms with Crippen molar-refractivity contribution in [1.82, 2.24) is 20.4 Å². The lowest BCUT2D eigenvalue weighted by atomic mass is 9.94. The molecule has 1 aliphatic rings. The van der Waals surface area contributed by atoms with E-state index in [-0.39, 0.29) is 6.03 Å². The quantitative estimate of drug-likeness (QED) is 0.507. The largest absolute Gasteiger partial charge is 0.497 e. The molecule has 1 N–H and O–H groups in total. The average molecular weight is 449 g/mol. The van der Waals surface area contributed by atoms with Crippen molar-refractivity contribution in [2.45, 2.75) is 26.3 Å². The number of rotatable bonds is 8. The molecule has 0 bridgehead atoms. The third-order valence-electron chi connectivity index (χ3n) is 5.72. The molecule has 1 unspecified atom stereocenters. The molecule has 2 amide bonds. The van der Waals surface area contributed by atoms with Gasteiger partial charge in [-0.3, -0.25) is 4.90 Å². The molecule has 1 aromatic heterocycles. The van der Waals surface area contributed by atoms with Crippen LogP contribution < -0.4 is 10.1 Å². The first-order chi connectivity index (χ1) is 16.0. The molecule has 2 heterocycles. The average Bonchev–Trinajstić information content (AvgIpc) is 3.31. The predicted octanol–water partition coefficient (Wildman–Crippen LogP) is 4.59. The Morgan fingerprint density at radius 2 is 1.91 bits per heavy atom. The van der Waals surface area contributed by atoms with Crippen molar-refractivity contribution in [1.29, 1.82) is 0 Å². The van der Waals surface area contributed by atoms with Gasteiger partial charge in [-0.2, -0.15) is 4.98 Å². The first-order valence-electron chi connectivity index (χ1n) is 10.8. The molecular weight excluding hydrogens is 420 g/mol. The molecule has 0 aliphatic carbocycles. The lowest BCUT2D eigenvalue weighted by Gasteiger charge is -2.35. The normalized spacial score (nSPS) is 16.2. The number of carbonyl (C=O) groups excluding carboxylic acids is 1. The number of amides is 2. The van der Waals surface area contributed by atoms with Crippen molar-refractivity contribution in [3.63, 3.8) is 0 Å². The second-order valence-electron chi connectivity index (χ2n) is 7.95. The second-order valence-corrected chi connectivity index (χ2v) is 7.95. The summed E-state index contributed by atoms with van der Waals surface area (Å²) in [4.78, 5) is 19.4. The van der Waals surface area contributed by atoms with Crippen molar-refractivity contribution in [3.05, 3.63) is 71.2 Å². The van der Waals surface area contributed by atoms with E-state index in [1.54, 1.807) is 19.1 Å². The number of aromatic nitrogens is 2. The van der Waals surface area contributed by atoms with Crippen LogP contribution in [0.3, 0.4) is 0 Å². The molecule has 0 saturated heterocycles. The number of hydrogen-bond acceptors (Lipinski definition) is 6. The summed E-state index contributed by atoms with van der Waals surface area (Å²) in [6, 6.07) is 15.0. The molecule has 172 valence electrons. The Morgan fingerprint density at radius 3 is 2.64 bits per heavy atom. The molecule has 4 rings (SSSR count). The molecule has 33 heavy (non-hydrogen) atoms. The molecule has 0 saturated carbocycles. The van der Waals surface area contributed by atoms with Crippen LogP contribution in [-0.4, -0.2) is 48.4 Å². The number of hydrogen-bond donors (Lipinski definition) is 1. The van der Waals surface area contributed by atoms with Crippen LogP contribution in [0.2, 0.25) is 0 Å². The minimum absolute atomic E-state index is 0.162. The van der Waals surface area contributed by atoms with Crippen molar-refractivity contribution in [3.8, 4) is 17.1 Å². The van der Waals surface area contributed by atoms with Crippen molar-refractivity contribution in [2.24, 2.45) is 0 Å². The highest BCUT2D eigenvalue weighted by Crippen LogP contribution is 2.37. The molecule has 3 aromatic rings. The zero-order chi connectivity index (χ0) is 23.4. The van der Waals surface area contributed by atoms with Crippen molar-refractivity contribution in [2.75, 3.05) is 27.4 Å². The van der Waals surface area contributed by atoms with Gasteiger partial charge in [0.25, 0.3) is 5.89 Å². The fraction of sp³-hybridized carbons (Fsp3) is 0.320. The Kier molecular flexibility index (Phi) is 6.74. The minimum Gasteiger partial charge on any atom is -0.497 e. The van der Waals surface area contributed by atoms with Gasteiger partial charge in [0.2, 0.25) is 5.82 Å². The van der Waals surface area contributed by atoms with Gasteiger partial charge < -0.3 is 19.3 Å². The van der Waals surface area contributed by atoms with E-state index >= 15 is 0 Å². The maximum atomic E-state index is 13.0. The van der Waals surface area contributed by atoms with Gasteiger partial charge >= 0.3 is 6.03 Å². The Hall–Kier alpha value is -3.65. The Labute approximate surface area is 193 Å². The first-order valence-corrected chi connectivity index (χ1v) is 10.8. The van der Waals surface area contributed by atoms with Gasteiger partial charge in [-0.1, -0.05) is 47.1 Å². The fourth-order valence-corrected chi connectivity index (χ4v) is 3.92. The van der Waals surface area contributed by atoms with E-state index < -0.39 is 6.04 Å². The van der Waals surface area contributed by atoms with Crippen LogP contribution in [0.5, 0.6) is 5.75 Å². The Bertz CT molecular complexity index is 1150. The number of methoxy groups -OCH3 is 2. The third kappa shape index (κ3) is 4.75. The lowest BCUT2D eigenvalue weighted by Crippen LogP contribution is -2.46. The first kappa shape index (κ1) is 22.5. The van der Waals surface area contributed by atoms with Crippen LogP contribution in [0.1, 0.15) is 36.4 Å². The summed E-state index contributed by atoms with van der Waals surface area (Å²) in [5, 5.41) is 7.32. The van der Waals surface area contributed by atoms with E-state index in [1.807, 2.05) is 62.4 Å². The second kappa shape index (κ2) is 9.87. The summed E-state index contributed by atoms with van der Waals surface area (Å²) in [7, 11) is 3.26. The van der Waals surface area contributed by atoms with Crippen LogP contribution in [-0.2, 0) is 4.74 Å². The molecule has 0 spiro atoms. The maximum absolute atomic E-state index is 13.0. The highest BCUT2D eigenvalue weighted by molar-refractivity contribution is 5.86. The minimum atomic E-state index is -0.407. The van der Waals surface area contributed by atoms with E-state index in [4.69, 9.17) is 14.0 Å². The summed E-state index contributed by atoms with van der Waals surface area (Å²) in [5.74, 6) is 1.53. The van der Waals surface area contributed by atoms with Gasteiger partial charge in [-0.05, 0) is 38.0 Å². The molecule has 8 nitrogen and oxygen atoms in total. The molecule has 2 aromatic carbocycles. The van der Waals surface area contributed by atoms with Gasteiger partial charge in [-0.15, -0.1) is 0 Å². The number of benzene rings is 2. The zero-order valence-electron chi connectivity index (χ0n) is 19.3. The highest BCUT2D eigenvalue weighted by Gasteiger charge is 2.35. The lowest BCUT2D eigenvalue weighted by molar-refractivity contribution is 0.174. The van der Waals surface area contributed by atoms with Gasteiger partial charge in [-0.25, -0.2) is 4.79 Å². The van der Waals surface area contributed by atoms with E-state index in [0.29, 0.717) is 37.0 Å². The smallest absolute Gasteiger partial charge is 0.322 e. The third-order valence-corrected chi connectivity index (χ3v) is 5.72. The fourth-order valence-electron chi connectivity index (χ4n) is 3.92. The van der Waals surface area contributed by atoms with Crippen LogP contribution >= 0.6 is 0 Å². The van der Waals surface area contributed by atoms with Gasteiger partial charge in [0, 0.05) is 31.5 Å². The monoisotopic (exact) mass is 448 g/mol. The number of carbonyl (C=O) groups is 1. The number of ether oxygens (including phenoxy) is 2. The summed E-state index contributed by atoms with van der Waals surface area (Å²) in [6.45, 7) is 5.03. The van der Waals surface area contributed by atoms with Gasteiger partial charge in [0.15, 0.2) is 0 Å². The SMILES string of the molecule is COCCCN1C(=O)NC(c2ccc(C)cc2)C(c2nc(-c3cccc(OC)c3)no2)=C1C. The summed E-state index contributed by atoms with van der Waals surface area (Å²) >= 11 is 0. The van der Waals surface area contributed by atoms with Crippen LogP contribution in [0, 0.1) is 6.92 Å². The molecule has 8 heteroatoms. The number of aryl methyl sites for hydroxylation is 1. The van der Waals surface area contributed by atoms with Crippen LogP contribution in [0.4, 0.5) is 4.79 Å². The number of urea groups is 1. The molecule has 0 radical (unpaired) electrons. The molecular formula is C25H28N4O4. The van der Waals surface area contributed by atoms with Crippen LogP contribution in [0.15, 0.2) is 58.8 Å². The van der Waals surface area contributed by atoms with Crippen LogP contribution in [0.25, 0.3) is 17.0 Å². The van der Waals surface area contributed by atoms with E-state index in [9.17, 15) is 4.79 Å². The van der Waals surface area contributed by atoms with E-state index in [2.05, 4.69) is 15.5 Å². The molecule has 1 atom stereocenters. The van der Waals surface area contributed by atoms with Crippen molar-refractivity contribution < 1.29 is 18.8 Å². The number of allylic oxidation sites excluding steroid dienone is 1. The zero-order valence-corrected chi connectivity index (χ0v) is 19.3. The maximum Gasteiger partial charge on any atom is 0.322 e. The Morgan fingerprint density at radius 1 is 1.12 bits per heavy atom.